The normalized spacial score (nSPS) is 11.8. The molecule has 3 nitrogen and oxygen atoms in total. The van der Waals surface area contributed by atoms with E-state index in [2.05, 4.69) is 20.8 Å². The van der Waals surface area contributed by atoms with Crippen molar-refractivity contribution in [3.8, 4) is 0 Å². The van der Waals surface area contributed by atoms with Gasteiger partial charge in [-0.05, 0) is 19.8 Å². The Labute approximate surface area is 88.1 Å². The first-order valence-electron chi connectivity index (χ1n) is 5.56. The van der Waals surface area contributed by atoms with Crippen molar-refractivity contribution < 1.29 is 14.9 Å². The fourth-order valence-corrected chi connectivity index (χ4v) is 0.754. The predicted molar refractivity (Wildman–Crippen MR) is 59.4 cm³/mol. The standard InChI is InChI=1S/C9H20O.C2H6O2/c1-4-6-7-8-10-9(3)5-2;3-1-2-4/h9H,4-8H2,1-3H3;3-4H,1-2H2. The van der Waals surface area contributed by atoms with Crippen LogP contribution >= 0.6 is 0 Å². The van der Waals surface area contributed by atoms with E-state index in [9.17, 15) is 0 Å². The fraction of sp³-hybridized carbons (Fsp3) is 1.00. The monoisotopic (exact) mass is 206 g/mol. The van der Waals surface area contributed by atoms with E-state index in [1.807, 2.05) is 0 Å². The first-order chi connectivity index (χ1) is 6.72. The van der Waals surface area contributed by atoms with Crippen LogP contribution in [0.4, 0.5) is 0 Å². The topological polar surface area (TPSA) is 49.7 Å². The maximum absolute atomic E-state index is 7.62. The molecule has 0 aliphatic heterocycles. The number of ether oxygens (including phenoxy) is 1. The quantitative estimate of drug-likeness (QED) is 0.626. The third kappa shape index (κ3) is 17.8. The summed E-state index contributed by atoms with van der Waals surface area (Å²) in [6, 6.07) is 0. The van der Waals surface area contributed by atoms with Crippen LogP contribution in [-0.4, -0.2) is 36.1 Å². The molecule has 0 aliphatic rings. The lowest BCUT2D eigenvalue weighted by Gasteiger charge is -2.09. The van der Waals surface area contributed by atoms with E-state index in [1.165, 1.54) is 19.3 Å². The Kier molecular flexibility index (Phi) is 17.9. The maximum atomic E-state index is 7.62. The highest BCUT2D eigenvalue weighted by Gasteiger charge is 1.95. The Morgan fingerprint density at radius 3 is 2.00 bits per heavy atom. The molecule has 0 bridgehead atoms. The van der Waals surface area contributed by atoms with Crippen molar-refractivity contribution in [2.24, 2.45) is 0 Å². The Bertz CT molecular complexity index is 84.6. The summed E-state index contributed by atoms with van der Waals surface area (Å²) in [6.45, 7) is 7.20. The van der Waals surface area contributed by atoms with E-state index in [-0.39, 0.29) is 13.2 Å². The molecule has 0 saturated carbocycles. The van der Waals surface area contributed by atoms with Crippen LogP contribution < -0.4 is 0 Å². The molecule has 0 aromatic rings. The van der Waals surface area contributed by atoms with Crippen molar-refractivity contribution in [3.05, 3.63) is 0 Å². The summed E-state index contributed by atoms with van der Waals surface area (Å²) >= 11 is 0. The average Bonchev–Trinajstić information content (AvgIpc) is 2.24. The van der Waals surface area contributed by atoms with Crippen LogP contribution in [-0.2, 0) is 4.74 Å². The summed E-state index contributed by atoms with van der Waals surface area (Å²) in [7, 11) is 0. The van der Waals surface area contributed by atoms with Gasteiger partial charge in [0.05, 0.1) is 19.3 Å². The molecule has 0 amide bonds. The van der Waals surface area contributed by atoms with Gasteiger partial charge in [-0.1, -0.05) is 26.7 Å². The van der Waals surface area contributed by atoms with Crippen molar-refractivity contribution in [1.29, 1.82) is 0 Å². The van der Waals surface area contributed by atoms with E-state index in [4.69, 9.17) is 14.9 Å². The first-order valence-corrected chi connectivity index (χ1v) is 5.56. The average molecular weight is 206 g/mol. The number of aliphatic hydroxyl groups is 2. The van der Waals surface area contributed by atoms with Gasteiger partial charge in [-0.3, -0.25) is 0 Å². The number of hydrogen-bond acceptors (Lipinski definition) is 3. The van der Waals surface area contributed by atoms with Gasteiger partial charge in [0.1, 0.15) is 0 Å². The molecule has 3 heteroatoms. The third-order valence-electron chi connectivity index (χ3n) is 1.83. The smallest absolute Gasteiger partial charge is 0.0662 e. The lowest BCUT2D eigenvalue weighted by atomic mass is 10.2. The van der Waals surface area contributed by atoms with Gasteiger partial charge < -0.3 is 14.9 Å². The Hall–Kier alpha value is -0.120. The highest BCUT2D eigenvalue weighted by Crippen LogP contribution is 1.99. The summed E-state index contributed by atoms with van der Waals surface area (Å²) in [4.78, 5) is 0. The number of aliphatic hydroxyl groups excluding tert-OH is 2. The SMILES string of the molecule is CCCCCOC(C)CC.OCCO. The summed E-state index contributed by atoms with van der Waals surface area (Å²) in [6.07, 6.45) is 5.39. The van der Waals surface area contributed by atoms with Crippen LogP contribution in [0, 0.1) is 0 Å². The second-order valence-corrected chi connectivity index (χ2v) is 3.24. The second kappa shape index (κ2) is 15.4. The Balaban J connectivity index is 0. The molecule has 0 saturated heterocycles. The molecule has 1 atom stereocenters. The molecule has 0 aromatic heterocycles. The lowest BCUT2D eigenvalue weighted by molar-refractivity contribution is 0.0610. The molecule has 14 heavy (non-hydrogen) atoms. The zero-order chi connectivity index (χ0) is 11.2. The molecule has 0 aliphatic carbocycles. The van der Waals surface area contributed by atoms with Crippen molar-refractivity contribution >= 4 is 0 Å². The van der Waals surface area contributed by atoms with Crippen LogP contribution in [0.2, 0.25) is 0 Å². The van der Waals surface area contributed by atoms with Crippen molar-refractivity contribution in [2.45, 2.75) is 52.6 Å². The van der Waals surface area contributed by atoms with Crippen LogP contribution in [0.15, 0.2) is 0 Å². The van der Waals surface area contributed by atoms with E-state index in [1.54, 1.807) is 0 Å². The van der Waals surface area contributed by atoms with Gasteiger partial charge in [0.25, 0.3) is 0 Å². The summed E-state index contributed by atoms with van der Waals surface area (Å²) in [5, 5.41) is 15.2. The highest BCUT2D eigenvalue weighted by atomic mass is 16.5. The van der Waals surface area contributed by atoms with Gasteiger partial charge in [-0.2, -0.15) is 0 Å². The van der Waals surface area contributed by atoms with Crippen molar-refractivity contribution in [3.63, 3.8) is 0 Å². The molecule has 0 heterocycles. The minimum Gasteiger partial charge on any atom is -0.394 e. The van der Waals surface area contributed by atoms with Gasteiger partial charge in [-0.15, -0.1) is 0 Å². The third-order valence-corrected chi connectivity index (χ3v) is 1.83. The van der Waals surface area contributed by atoms with Gasteiger partial charge in [0, 0.05) is 6.61 Å². The molecule has 1 unspecified atom stereocenters. The Morgan fingerprint density at radius 2 is 1.64 bits per heavy atom. The van der Waals surface area contributed by atoms with Crippen LogP contribution in [0.1, 0.15) is 46.5 Å². The van der Waals surface area contributed by atoms with Gasteiger partial charge >= 0.3 is 0 Å². The molecular formula is C11H26O3. The van der Waals surface area contributed by atoms with Gasteiger partial charge in [0.2, 0.25) is 0 Å². The van der Waals surface area contributed by atoms with Crippen LogP contribution in [0.25, 0.3) is 0 Å². The van der Waals surface area contributed by atoms with Crippen molar-refractivity contribution in [2.75, 3.05) is 19.8 Å². The van der Waals surface area contributed by atoms with Gasteiger partial charge in [0.15, 0.2) is 0 Å². The summed E-state index contributed by atoms with van der Waals surface area (Å²) in [5.41, 5.74) is 0. The minimum absolute atomic E-state index is 0.125. The molecule has 0 spiro atoms. The van der Waals surface area contributed by atoms with E-state index < -0.39 is 0 Å². The highest BCUT2D eigenvalue weighted by molar-refractivity contribution is 4.44. The molecule has 88 valence electrons. The second-order valence-electron chi connectivity index (χ2n) is 3.24. The largest absolute Gasteiger partial charge is 0.394 e. The van der Waals surface area contributed by atoms with Crippen molar-refractivity contribution in [1.82, 2.24) is 0 Å². The molecule has 0 rings (SSSR count). The Morgan fingerprint density at radius 1 is 1.07 bits per heavy atom. The maximum Gasteiger partial charge on any atom is 0.0662 e. The lowest BCUT2D eigenvalue weighted by Crippen LogP contribution is -2.07. The minimum atomic E-state index is -0.125. The summed E-state index contributed by atoms with van der Waals surface area (Å²) < 4.78 is 5.49. The van der Waals surface area contributed by atoms with Crippen LogP contribution in [0.3, 0.4) is 0 Å². The number of rotatable bonds is 7. The molecule has 0 radical (unpaired) electrons. The molecular weight excluding hydrogens is 180 g/mol. The van der Waals surface area contributed by atoms with Gasteiger partial charge in [-0.25, -0.2) is 0 Å². The van der Waals surface area contributed by atoms with E-state index >= 15 is 0 Å². The van der Waals surface area contributed by atoms with Crippen LogP contribution in [0.5, 0.6) is 0 Å². The fourth-order valence-electron chi connectivity index (χ4n) is 0.754. The number of unbranched alkanes of at least 4 members (excludes halogenated alkanes) is 2. The first kappa shape index (κ1) is 16.3. The molecule has 0 aromatic carbocycles. The zero-order valence-electron chi connectivity index (χ0n) is 9.83. The van der Waals surface area contributed by atoms with E-state index in [0.29, 0.717) is 6.10 Å². The van der Waals surface area contributed by atoms with E-state index in [0.717, 1.165) is 13.0 Å². The predicted octanol–water partition coefficient (Wildman–Crippen LogP) is 1.96. The molecule has 0 fully saturated rings. The zero-order valence-corrected chi connectivity index (χ0v) is 9.83. The number of hydrogen-bond donors (Lipinski definition) is 2. The molecule has 2 N–H and O–H groups in total. The summed E-state index contributed by atoms with van der Waals surface area (Å²) in [5.74, 6) is 0.